The zero-order chi connectivity index (χ0) is 20.1. The summed E-state index contributed by atoms with van der Waals surface area (Å²) in [5.74, 6) is -4.06. The third-order valence-corrected chi connectivity index (χ3v) is 3.95. The molecule has 0 aromatic carbocycles. The van der Waals surface area contributed by atoms with Crippen LogP contribution in [0.1, 0.15) is 12.6 Å². The van der Waals surface area contributed by atoms with E-state index in [1.807, 2.05) is 0 Å². The van der Waals surface area contributed by atoms with Crippen molar-refractivity contribution in [2.45, 2.75) is 19.0 Å². The number of thiazole rings is 1. The number of aliphatic carboxylic acids is 2. The molecule has 1 aliphatic heterocycles. The lowest BCUT2D eigenvalue weighted by Crippen LogP contribution is -2.70. The van der Waals surface area contributed by atoms with Gasteiger partial charge in [0.15, 0.2) is 17.5 Å². The summed E-state index contributed by atoms with van der Waals surface area (Å²) in [5, 5.41) is 25.4. The number of carbonyl (C=O) groups is 4. The summed E-state index contributed by atoms with van der Waals surface area (Å²) in [6.45, 7) is 0.0450. The number of amides is 2. The number of carboxylic acid groups (broad SMARTS) is 2. The summed E-state index contributed by atoms with van der Waals surface area (Å²) in [4.78, 5) is 58.7. The van der Waals surface area contributed by atoms with Crippen LogP contribution in [0.15, 0.2) is 10.5 Å². The van der Waals surface area contributed by atoms with Crippen LogP contribution in [0.25, 0.3) is 0 Å². The van der Waals surface area contributed by atoms with E-state index in [2.05, 4.69) is 20.3 Å². The highest BCUT2D eigenvalue weighted by molar-refractivity contribution is 7.13. The van der Waals surface area contributed by atoms with E-state index >= 15 is 0 Å². The molecule has 2 amide bonds. The monoisotopic (exact) mass is 401 g/mol. The number of hydrogen-bond acceptors (Lipinski definition) is 10. The van der Waals surface area contributed by atoms with Crippen molar-refractivity contribution in [3.63, 3.8) is 0 Å². The SMILES string of the molecule is C[C@H]1[C@H](NC(=O)C(=NOCC(=O)O)c2csc(N)n2)C(=O)N1OCC(=O)O. The number of rotatable bonds is 9. The number of nitrogen functional groups attached to an aromatic ring is 1. The maximum Gasteiger partial charge on any atom is 0.344 e. The van der Waals surface area contributed by atoms with Crippen LogP contribution in [0.3, 0.4) is 0 Å². The van der Waals surface area contributed by atoms with Crippen molar-refractivity contribution in [1.29, 1.82) is 0 Å². The molecule has 1 aromatic heterocycles. The van der Waals surface area contributed by atoms with E-state index in [1.165, 1.54) is 12.3 Å². The second kappa shape index (κ2) is 8.41. The molecule has 0 bridgehead atoms. The highest BCUT2D eigenvalue weighted by atomic mass is 32.1. The Balaban J connectivity index is 2.06. The zero-order valence-corrected chi connectivity index (χ0v) is 14.6. The number of hydrogen-bond donors (Lipinski definition) is 4. The number of carbonyl (C=O) groups excluding carboxylic acids is 2. The first-order chi connectivity index (χ1) is 12.7. The predicted octanol–water partition coefficient (Wildman–Crippen LogP) is -1.74. The third-order valence-electron chi connectivity index (χ3n) is 3.27. The lowest BCUT2D eigenvalue weighted by molar-refractivity contribution is -0.233. The third kappa shape index (κ3) is 4.89. The average Bonchev–Trinajstić information content (AvgIpc) is 3.02. The summed E-state index contributed by atoms with van der Waals surface area (Å²) in [5.41, 5.74) is 5.19. The molecule has 27 heavy (non-hydrogen) atoms. The van der Waals surface area contributed by atoms with E-state index in [0.717, 1.165) is 16.4 Å². The number of hydroxylamine groups is 2. The summed E-state index contributed by atoms with van der Waals surface area (Å²) in [6, 6.07) is -1.63. The van der Waals surface area contributed by atoms with Gasteiger partial charge in [0, 0.05) is 5.38 Å². The number of β-lactam (4-membered cyclic amide) rings is 1. The summed E-state index contributed by atoms with van der Waals surface area (Å²) in [6.07, 6.45) is 0. The molecule has 0 unspecified atom stereocenters. The van der Waals surface area contributed by atoms with Crippen LogP contribution >= 0.6 is 11.3 Å². The maximum absolute atomic E-state index is 12.4. The van der Waals surface area contributed by atoms with Crippen molar-refractivity contribution in [1.82, 2.24) is 15.4 Å². The van der Waals surface area contributed by atoms with Crippen molar-refractivity contribution < 1.29 is 39.1 Å². The topological polar surface area (TPSA) is 194 Å². The predicted molar refractivity (Wildman–Crippen MR) is 88.5 cm³/mol. The zero-order valence-electron chi connectivity index (χ0n) is 13.8. The van der Waals surface area contributed by atoms with E-state index in [9.17, 15) is 19.2 Å². The Bertz CT molecular complexity index is 793. The van der Waals surface area contributed by atoms with Crippen LogP contribution in [0, 0.1) is 0 Å². The Kier molecular flexibility index (Phi) is 6.25. The van der Waals surface area contributed by atoms with Gasteiger partial charge in [-0.1, -0.05) is 5.16 Å². The fraction of sp³-hybridized carbons (Fsp3) is 0.385. The van der Waals surface area contributed by atoms with Crippen LogP contribution in [0.5, 0.6) is 0 Å². The molecule has 1 saturated heterocycles. The second-order valence-corrected chi connectivity index (χ2v) is 6.09. The Morgan fingerprint density at radius 2 is 2.04 bits per heavy atom. The lowest BCUT2D eigenvalue weighted by Gasteiger charge is -2.43. The van der Waals surface area contributed by atoms with E-state index in [1.54, 1.807) is 0 Å². The summed E-state index contributed by atoms with van der Waals surface area (Å²) in [7, 11) is 0. The number of anilines is 1. The van der Waals surface area contributed by atoms with Crippen molar-refractivity contribution in [3.8, 4) is 0 Å². The maximum atomic E-state index is 12.4. The molecule has 2 rings (SSSR count). The highest BCUT2D eigenvalue weighted by Crippen LogP contribution is 2.20. The van der Waals surface area contributed by atoms with Crippen molar-refractivity contribution in [2.24, 2.45) is 5.16 Å². The molecule has 0 radical (unpaired) electrons. The molecule has 0 aliphatic carbocycles. The molecule has 0 spiro atoms. The fourth-order valence-electron chi connectivity index (χ4n) is 2.05. The van der Waals surface area contributed by atoms with Crippen molar-refractivity contribution in [2.75, 3.05) is 18.9 Å². The first-order valence-electron chi connectivity index (χ1n) is 7.32. The van der Waals surface area contributed by atoms with E-state index in [-0.39, 0.29) is 16.5 Å². The minimum atomic E-state index is -1.30. The number of oxime groups is 1. The van der Waals surface area contributed by atoms with Gasteiger partial charge in [-0.3, -0.25) is 14.4 Å². The number of nitrogens with two attached hydrogens (primary N) is 1. The van der Waals surface area contributed by atoms with Gasteiger partial charge in [0.2, 0.25) is 6.61 Å². The number of aromatic nitrogens is 1. The quantitative estimate of drug-likeness (QED) is 0.210. The molecular formula is C13H15N5O8S. The first kappa shape index (κ1) is 20.1. The molecule has 14 heteroatoms. The number of nitrogens with zero attached hydrogens (tertiary/aromatic N) is 3. The normalized spacial score (nSPS) is 19.4. The Hall–Kier alpha value is -3.26. The van der Waals surface area contributed by atoms with E-state index in [0.29, 0.717) is 0 Å². The minimum absolute atomic E-state index is 0.0406. The van der Waals surface area contributed by atoms with Gasteiger partial charge in [-0.25, -0.2) is 19.6 Å². The molecule has 13 nitrogen and oxygen atoms in total. The minimum Gasteiger partial charge on any atom is -0.479 e. The van der Waals surface area contributed by atoms with Gasteiger partial charge in [-0.15, -0.1) is 11.3 Å². The number of carboxylic acids is 2. The standard InChI is InChI=1S/C13H15N5O8S/c1-5-9(12(24)18(5)26-3-8(21)22)16-11(23)10(17-25-2-7(19)20)6-4-27-13(14)15-6/h4-5,9H,2-3H2,1H3,(H2,14,15)(H,16,23)(H,19,20)(H,21,22)/t5-,9-/m0/s1. The highest BCUT2D eigenvalue weighted by Gasteiger charge is 2.47. The van der Waals surface area contributed by atoms with Crippen LogP contribution in [0.2, 0.25) is 0 Å². The molecule has 2 heterocycles. The molecule has 2 atom stereocenters. The van der Waals surface area contributed by atoms with Gasteiger partial charge in [0.25, 0.3) is 11.8 Å². The molecule has 146 valence electrons. The second-order valence-electron chi connectivity index (χ2n) is 5.20. The Morgan fingerprint density at radius 3 is 2.56 bits per heavy atom. The molecule has 1 aliphatic rings. The number of nitrogens with one attached hydrogen (secondary N) is 1. The van der Waals surface area contributed by atoms with Crippen molar-refractivity contribution >= 4 is 45.9 Å². The Labute approximate surface area is 155 Å². The van der Waals surface area contributed by atoms with Crippen LogP contribution in [0.4, 0.5) is 5.13 Å². The van der Waals surface area contributed by atoms with Gasteiger partial charge >= 0.3 is 11.9 Å². The van der Waals surface area contributed by atoms with Gasteiger partial charge in [-0.2, -0.15) is 0 Å². The molecular weight excluding hydrogens is 386 g/mol. The van der Waals surface area contributed by atoms with E-state index in [4.69, 9.17) is 20.8 Å². The van der Waals surface area contributed by atoms with E-state index < -0.39 is 49.1 Å². The van der Waals surface area contributed by atoms with Crippen LogP contribution < -0.4 is 11.1 Å². The van der Waals surface area contributed by atoms with Crippen LogP contribution in [-0.2, 0) is 28.9 Å². The summed E-state index contributed by atoms with van der Waals surface area (Å²) >= 11 is 1.02. The van der Waals surface area contributed by atoms with Gasteiger partial charge < -0.3 is 26.1 Å². The fourth-order valence-corrected chi connectivity index (χ4v) is 2.60. The first-order valence-corrected chi connectivity index (χ1v) is 8.20. The van der Waals surface area contributed by atoms with Crippen LogP contribution in [-0.4, -0.2) is 75.0 Å². The molecule has 5 N–H and O–H groups in total. The average molecular weight is 401 g/mol. The molecule has 0 saturated carbocycles. The lowest BCUT2D eigenvalue weighted by atomic mass is 10.00. The Morgan fingerprint density at radius 1 is 1.37 bits per heavy atom. The van der Waals surface area contributed by atoms with Gasteiger partial charge in [0.05, 0.1) is 6.04 Å². The van der Waals surface area contributed by atoms with Gasteiger partial charge in [-0.05, 0) is 6.92 Å². The van der Waals surface area contributed by atoms with Crippen molar-refractivity contribution in [3.05, 3.63) is 11.1 Å². The van der Waals surface area contributed by atoms with Gasteiger partial charge in [0.1, 0.15) is 11.7 Å². The largest absolute Gasteiger partial charge is 0.479 e. The molecule has 1 fully saturated rings. The smallest absolute Gasteiger partial charge is 0.344 e. The molecule has 1 aromatic rings. The summed E-state index contributed by atoms with van der Waals surface area (Å²) < 4.78 is 0.